The van der Waals surface area contributed by atoms with Crippen LogP contribution in [0, 0.1) is 9.39 Å². The monoisotopic (exact) mass is 502 g/mol. The van der Waals surface area contributed by atoms with Crippen LogP contribution in [0.1, 0.15) is 5.56 Å². The van der Waals surface area contributed by atoms with Crippen LogP contribution in [0.3, 0.4) is 0 Å². The second kappa shape index (κ2) is 7.29. The predicted molar refractivity (Wildman–Crippen MR) is 108 cm³/mol. The summed E-state index contributed by atoms with van der Waals surface area (Å²) in [5.41, 5.74) is -0.213. The molecule has 1 aliphatic heterocycles. The summed E-state index contributed by atoms with van der Waals surface area (Å²) < 4.78 is 14.5. The predicted octanol–water partition coefficient (Wildman–Crippen LogP) is 3.62. The molecule has 1 saturated heterocycles. The Morgan fingerprint density at radius 1 is 1.27 bits per heavy atom. The Kier molecular flexibility index (Phi) is 5.26. The lowest BCUT2D eigenvalue weighted by Crippen LogP contribution is -2.54. The van der Waals surface area contributed by atoms with Gasteiger partial charge in [-0.2, -0.15) is 0 Å². The smallest absolute Gasteiger partial charge is 0.270 e. The fraction of sp³-hybridized carbons (Fsp3) is 0. The molecule has 9 heteroatoms. The van der Waals surface area contributed by atoms with Gasteiger partial charge in [-0.05, 0) is 65.2 Å². The molecule has 0 aliphatic carbocycles. The molecule has 1 aliphatic rings. The molecule has 3 rings (SSSR count). The molecule has 2 N–H and O–H groups in total. The van der Waals surface area contributed by atoms with E-state index in [9.17, 15) is 19.1 Å². The molecule has 1 fully saturated rings. The van der Waals surface area contributed by atoms with E-state index in [-0.39, 0.29) is 27.7 Å². The van der Waals surface area contributed by atoms with E-state index in [1.807, 2.05) is 22.6 Å². The van der Waals surface area contributed by atoms with Crippen molar-refractivity contribution in [1.29, 1.82) is 0 Å². The molecule has 26 heavy (non-hydrogen) atoms. The third-order valence-corrected chi connectivity index (χ3v) is 4.88. The summed E-state index contributed by atoms with van der Waals surface area (Å²) in [6.07, 6.45) is 1.19. The van der Waals surface area contributed by atoms with Crippen LogP contribution < -0.4 is 10.2 Å². The van der Waals surface area contributed by atoms with Gasteiger partial charge < -0.3 is 5.11 Å². The lowest BCUT2D eigenvalue weighted by molar-refractivity contribution is -0.122. The van der Waals surface area contributed by atoms with Gasteiger partial charge in [0.15, 0.2) is 5.11 Å². The van der Waals surface area contributed by atoms with E-state index in [0.717, 1.165) is 4.90 Å². The average Bonchev–Trinajstić information content (AvgIpc) is 2.57. The van der Waals surface area contributed by atoms with Gasteiger partial charge in [0.2, 0.25) is 0 Å². The SMILES string of the molecule is O=C1NC(=S)N(c2ccccc2F)C(=O)/C1=C/c1cc(Cl)cc(I)c1O. The zero-order valence-electron chi connectivity index (χ0n) is 12.8. The lowest BCUT2D eigenvalue weighted by atomic mass is 10.1. The number of phenolic OH excluding ortho intramolecular Hbond substituents is 1. The molecule has 0 saturated carbocycles. The van der Waals surface area contributed by atoms with Gasteiger partial charge in [-0.1, -0.05) is 23.7 Å². The van der Waals surface area contributed by atoms with Gasteiger partial charge in [-0.3, -0.25) is 14.9 Å². The number of hydrogen-bond donors (Lipinski definition) is 2. The molecule has 2 aromatic rings. The topological polar surface area (TPSA) is 69.6 Å². The van der Waals surface area contributed by atoms with E-state index in [4.69, 9.17) is 23.8 Å². The second-order valence-corrected chi connectivity index (χ2v) is 7.22. The molecular weight excluding hydrogens is 494 g/mol. The van der Waals surface area contributed by atoms with E-state index in [1.165, 1.54) is 36.4 Å². The third kappa shape index (κ3) is 3.44. The maximum absolute atomic E-state index is 14.1. The number of anilines is 1. The van der Waals surface area contributed by atoms with Crippen LogP contribution in [-0.4, -0.2) is 22.0 Å². The number of aromatic hydroxyl groups is 1. The van der Waals surface area contributed by atoms with Crippen LogP contribution in [0.5, 0.6) is 5.75 Å². The maximum Gasteiger partial charge on any atom is 0.270 e. The molecule has 2 aromatic carbocycles. The van der Waals surface area contributed by atoms with Crippen LogP contribution in [0.25, 0.3) is 6.08 Å². The first kappa shape index (κ1) is 18.7. The highest BCUT2D eigenvalue weighted by molar-refractivity contribution is 14.1. The number of hydrogen-bond acceptors (Lipinski definition) is 4. The van der Waals surface area contributed by atoms with Crippen LogP contribution in [0.15, 0.2) is 42.0 Å². The van der Waals surface area contributed by atoms with Crippen LogP contribution in [-0.2, 0) is 9.59 Å². The van der Waals surface area contributed by atoms with Crippen molar-refractivity contribution in [3.8, 4) is 5.75 Å². The number of halogens is 3. The summed E-state index contributed by atoms with van der Waals surface area (Å²) in [7, 11) is 0. The summed E-state index contributed by atoms with van der Waals surface area (Å²) in [6.45, 7) is 0. The van der Waals surface area contributed by atoms with Crippen molar-refractivity contribution in [2.75, 3.05) is 4.90 Å². The van der Waals surface area contributed by atoms with Crippen molar-refractivity contribution >= 4 is 75.1 Å². The van der Waals surface area contributed by atoms with Crippen LogP contribution in [0.2, 0.25) is 5.02 Å². The number of carbonyl (C=O) groups is 2. The van der Waals surface area contributed by atoms with Crippen molar-refractivity contribution in [2.45, 2.75) is 0 Å². The van der Waals surface area contributed by atoms with Gasteiger partial charge >= 0.3 is 0 Å². The number of phenols is 1. The minimum Gasteiger partial charge on any atom is -0.506 e. The first-order valence-corrected chi connectivity index (χ1v) is 9.00. The number of nitrogens with one attached hydrogen (secondary N) is 1. The Balaban J connectivity index is 2.11. The summed E-state index contributed by atoms with van der Waals surface area (Å²) in [5.74, 6) is -2.35. The Hall–Kier alpha value is -2.04. The molecule has 0 spiro atoms. The average molecular weight is 503 g/mol. The van der Waals surface area contributed by atoms with Gasteiger partial charge in [0.05, 0.1) is 9.26 Å². The van der Waals surface area contributed by atoms with Crippen molar-refractivity contribution in [1.82, 2.24) is 5.32 Å². The zero-order valence-corrected chi connectivity index (χ0v) is 16.5. The summed E-state index contributed by atoms with van der Waals surface area (Å²) >= 11 is 12.9. The van der Waals surface area contributed by atoms with Crippen molar-refractivity contribution < 1.29 is 19.1 Å². The molecule has 0 bridgehead atoms. The van der Waals surface area contributed by atoms with Gasteiger partial charge in [-0.15, -0.1) is 0 Å². The Labute approximate surface area is 171 Å². The second-order valence-electron chi connectivity index (χ2n) is 5.23. The summed E-state index contributed by atoms with van der Waals surface area (Å²) in [4.78, 5) is 25.9. The fourth-order valence-corrected chi connectivity index (χ4v) is 3.69. The maximum atomic E-state index is 14.1. The molecule has 5 nitrogen and oxygen atoms in total. The van der Waals surface area contributed by atoms with Crippen molar-refractivity contribution in [3.63, 3.8) is 0 Å². The van der Waals surface area contributed by atoms with Crippen LogP contribution >= 0.6 is 46.4 Å². The number of benzene rings is 2. The molecule has 132 valence electrons. The van der Waals surface area contributed by atoms with E-state index in [2.05, 4.69) is 5.32 Å². The molecular formula is C17H9ClFIN2O3S. The van der Waals surface area contributed by atoms with E-state index in [0.29, 0.717) is 8.59 Å². The standard InChI is InChI=1S/C17H9ClFIN2O3S/c18-9-5-8(14(23)12(20)7-9)6-10-15(24)21-17(26)22(16(10)25)13-4-2-1-3-11(13)19/h1-7,23H,(H,21,24,26)/b10-6+. The zero-order chi connectivity index (χ0) is 19.0. The number of para-hydroxylation sites is 1. The number of amides is 2. The molecule has 0 atom stereocenters. The quantitative estimate of drug-likeness (QED) is 0.285. The largest absolute Gasteiger partial charge is 0.506 e. The number of nitrogens with zero attached hydrogens (tertiary/aromatic N) is 1. The Morgan fingerprint density at radius 3 is 2.65 bits per heavy atom. The summed E-state index contributed by atoms with van der Waals surface area (Å²) in [6, 6.07) is 8.50. The number of rotatable bonds is 2. The third-order valence-electron chi connectivity index (χ3n) is 3.55. The van der Waals surface area contributed by atoms with Gasteiger partial charge in [-0.25, -0.2) is 9.29 Å². The van der Waals surface area contributed by atoms with Gasteiger partial charge in [0.1, 0.15) is 17.1 Å². The Bertz CT molecular complexity index is 996. The molecule has 0 radical (unpaired) electrons. The Morgan fingerprint density at radius 2 is 1.96 bits per heavy atom. The van der Waals surface area contributed by atoms with Crippen molar-refractivity contribution in [3.05, 3.63) is 61.9 Å². The first-order valence-electron chi connectivity index (χ1n) is 7.13. The van der Waals surface area contributed by atoms with E-state index in [1.54, 1.807) is 6.07 Å². The minimum absolute atomic E-state index is 0.0849. The number of thiocarbonyl (C=S) groups is 1. The van der Waals surface area contributed by atoms with E-state index >= 15 is 0 Å². The first-order chi connectivity index (χ1) is 12.3. The molecule has 0 unspecified atom stereocenters. The molecule has 2 amide bonds. The highest BCUT2D eigenvalue weighted by Gasteiger charge is 2.35. The highest BCUT2D eigenvalue weighted by atomic mass is 127. The fourth-order valence-electron chi connectivity index (χ4n) is 2.36. The van der Waals surface area contributed by atoms with E-state index < -0.39 is 17.6 Å². The number of carbonyl (C=O) groups excluding carboxylic acids is 2. The van der Waals surface area contributed by atoms with Crippen LogP contribution in [0.4, 0.5) is 10.1 Å². The van der Waals surface area contributed by atoms with Gasteiger partial charge in [0, 0.05) is 10.6 Å². The lowest BCUT2D eigenvalue weighted by Gasteiger charge is -2.29. The van der Waals surface area contributed by atoms with Gasteiger partial charge in [0.25, 0.3) is 11.8 Å². The normalized spacial score (nSPS) is 16.2. The van der Waals surface area contributed by atoms with Crippen molar-refractivity contribution in [2.24, 2.45) is 0 Å². The minimum atomic E-state index is -0.807. The molecule has 1 heterocycles. The molecule has 0 aromatic heterocycles. The highest BCUT2D eigenvalue weighted by Crippen LogP contribution is 2.31. The summed E-state index contributed by atoms with van der Waals surface area (Å²) in [5, 5.41) is 12.6.